The summed E-state index contributed by atoms with van der Waals surface area (Å²) in [6.07, 6.45) is 8.28. The first kappa shape index (κ1) is 10.0. The third kappa shape index (κ3) is 2.72. The maximum Gasteiger partial charge on any atom is 0.334 e. The molecule has 13 heavy (non-hydrogen) atoms. The molecule has 1 aliphatic rings. The minimum Gasteiger partial charge on any atom is -0.458 e. The Morgan fingerprint density at radius 1 is 1.69 bits per heavy atom. The number of allylic oxidation sites excluding steroid dienone is 2. The molecule has 1 rings (SSSR count). The average Bonchev–Trinajstić information content (AvgIpc) is 2.52. The van der Waals surface area contributed by atoms with Gasteiger partial charge in [0, 0.05) is 11.5 Å². The number of esters is 1. The molecule has 0 radical (unpaired) electrons. The van der Waals surface area contributed by atoms with Gasteiger partial charge in [-0.2, -0.15) is 0 Å². The number of rotatable bonds is 4. The van der Waals surface area contributed by atoms with Crippen molar-refractivity contribution < 1.29 is 9.53 Å². The lowest BCUT2D eigenvalue weighted by Crippen LogP contribution is -2.05. The Kier molecular flexibility index (Phi) is 3.74. The van der Waals surface area contributed by atoms with E-state index in [1.165, 1.54) is 0 Å². The average molecular weight is 180 g/mol. The molecule has 1 aliphatic heterocycles. The zero-order chi connectivity index (χ0) is 9.68. The summed E-state index contributed by atoms with van der Waals surface area (Å²) in [4.78, 5) is 11.1. The maximum absolute atomic E-state index is 11.1. The minimum absolute atomic E-state index is 0.159. The van der Waals surface area contributed by atoms with Crippen molar-refractivity contribution in [1.29, 1.82) is 0 Å². The van der Waals surface area contributed by atoms with Crippen LogP contribution in [0.3, 0.4) is 0 Å². The molecule has 0 aromatic carbocycles. The van der Waals surface area contributed by atoms with Crippen LogP contribution in [0.4, 0.5) is 0 Å². The van der Waals surface area contributed by atoms with Crippen LogP contribution in [0.15, 0.2) is 23.8 Å². The van der Waals surface area contributed by atoms with Crippen LogP contribution in [0.2, 0.25) is 0 Å². The van der Waals surface area contributed by atoms with Crippen LogP contribution >= 0.6 is 0 Å². The smallest absolute Gasteiger partial charge is 0.334 e. The minimum atomic E-state index is -0.159. The molecule has 0 saturated heterocycles. The van der Waals surface area contributed by atoms with Crippen LogP contribution in [0, 0.1) is 5.92 Å². The summed E-state index contributed by atoms with van der Waals surface area (Å²) in [5, 5.41) is 0. The van der Waals surface area contributed by atoms with E-state index in [1.54, 1.807) is 0 Å². The van der Waals surface area contributed by atoms with Gasteiger partial charge < -0.3 is 4.74 Å². The van der Waals surface area contributed by atoms with E-state index in [0.29, 0.717) is 6.61 Å². The summed E-state index contributed by atoms with van der Waals surface area (Å²) in [6, 6.07) is 0. The van der Waals surface area contributed by atoms with E-state index in [-0.39, 0.29) is 11.9 Å². The molecule has 0 aromatic rings. The predicted octanol–water partition coefficient (Wildman–Crippen LogP) is 2.46. The Labute approximate surface area is 79.3 Å². The number of unbranched alkanes of at least 4 members (excludes halogenated alkanes) is 1. The molecule has 72 valence electrons. The fourth-order valence-electron chi connectivity index (χ4n) is 1.32. The van der Waals surface area contributed by atoms with Crippen LogP contribution < -0.4 is 0 Å². The fourth-order valence-corrected chi connectivity index (χ4v) is 1.32. The maximum atomic E-state index is 11.1. The van der Waals surface area contributed by atoms with E-state index in [1.807, 2.05) is 13.0 Å². The van der Waals surface area contributed by atoms with Crippen molar-refractivity contribution >= 4 is 5.97 Å². The van der Waals surface area contributed by atoms with Gasteiger partial charge in [-0.25, -0.2) is 4.79 Å². The lowest BCUT2D eigenvalue weighted by molar-refractivity contribution is -0.136. The number of carbonyl (C=O) groups excluding carboxylic acids is 1. The van der Waals surface area contributed by atoms with Gasteiger partial charge in [0.05, 0.1) is 0 Å². The van der Waals surface area contributed by atoms with Crippen molar-refractivity contribution in [2.45, 2.75) is 26.7 Å². The lowest BCUT2D eigenvalue weighted by atomic mass is 10.0. The molecule has 0 saturated carbocycles. The second-order valence-corrected chi connectivity index (χ2v) is 3.26. The Hall–Kier alpha value is -1.05. The van der Waals surface area contributed by atoms with Gasteiger partial charge in [-0.3, -0.25) is 0 Å². The standard InChI is InChI=1S/C11H16O2/c1-3-4-5-6-9(2)10-7-8-13-11(10)12/h5-7,9H,3-4,8H2,1-2H3/b6-5+. The van der Waals surface area contributed by atoms with Crippen LogP contribution in [-0.4, -0.2) is 12.6 Å². The number of hydrogen-bond donors (Lipinski definition) is 0. The predicted molar refractivity (Wildman–Crippen MR) is 52.3 cm³/mol. The molecule has 0 spiro atoms. The molecule has 2 nitrogen and oxygen atoms in total. The molecule has 0 bridgehead atoms. The molecule has 2 heteroatoms. The van der Waals surface area contributed by atoms with Crippen LogP contribution in [0.5, 0.6) is 0 Å². The van der Waals surface area contributed by atoms with Crippen molar-refractivity contribution in [3.8, 4) is 0 Å². The molecular weight excluding hydrogens is 164 g/mol. The first-order valence-corrected chi connectivity index (χ1v) is 4.79. The summed E-state index contributed by atoms with van der Waals surface area (Å²) < 4.78 is 4.83. The number of cyclic esters (lactones) is 1. The van der Waals surface area contributed by atoms with Crippen molar-refractivity contribution in [3.05, 3.63) is 23.8 Å². The topological polar surface area (TPSA) is 26.3 Å². The fraction of sp³-hybridized carbons (Fsp3) is 0.545. The van der Waals surface area contributed by atoms with Gasteiger partial charge in [0.2, 0.25) is 0 Å². The third-order valence-corrected chi connectivity index (χ3v) is 2.12. The van der Waals surface area contributed by atoms with Crippen molar-refractivity contribution in [3.63, 3.8) is 0 Å². The zero-order valence-electron chi connectivity index (χ0n) is 8.25. The highest BCUT2D eigenvalue weighted by molar-refractivity contribution is 5.91. The van der Waals surface area contributed by atoms with Gasteiger partial charge in [-0.15, -0.1) is 0 Å². The molecule has 0 aromatic heterocycles. The Morgan fingerprint density at radius 3 is 3.00 bits per heavy atom. The van der Waals surface area contributed by atoms with E-state index < -0.39 is 0 Å². The van der Waals surface area contributed by atoms with Crippen molar-refractivity contribution in [2.24, 2.45) is 5.92 Å². The van der Waals surface area contributed by atoms with Crippen molar-refractivity contribution in [2.75, 3.05) is 6.61 Å². The second kappa shape index (κ2) is 4.85. The molecule has 0 amide bonds. The van der Waals surface area contributed by atoms with Gasteiger partial charge in [0.15, 0.2) is 0 Å². The van der Waals surface area contributed by atoms with Crippen LogP contribution in [-0.2, 0) is 9.53 Å². The number of ether oxygens (including phenoxy) is 1. The first-order valence-electron chi connectivity index (χ1n) is 4.79. The quantitative estimate of drug-likeness (QED) is 0.490. The number of carbonyl (C=O) groups is 1. The summed E-state index contributed by atoms with van der Waals surface area (Å²) in [5.41, 5.74) is 0.798. The highest BCUT2D eigenvalue weighted by atomic mass is 16.5. The van der Waals surface area contributed by atoms with E-state index in [2.05, 4.69) is 19.1 Å². The second-order valence-electron chi connectivity index (χ2n) is 3.26. The summed E-state index contributed by atoms with van der Waals surface area (Å²) in [6.45, 7) is 4.60. The lowest BCUT2D eigenvalue weighted by Gasteiger charge is -2.03. The molecular formula is C11H16O2. The van der Waals surface area contributed by atoms with Gasteiger partial charge in [0.25, 0.3) is 0 Å². The Balaban J connectivity index is 2.47. The van der Waals surface area contributed by atoms with Gasteiger partial charge in [0.1, 0.15) is 6.61 Å². The summed E-state index contributed by atoms with van der Waals surface area (Å²) >= 11 is 0. The third-order valence-electron chi connectivity index (χ3n) is 2.12. The number of hydrogen-bond acceptors (Lipinski definition) is 2. The molecule has 1 atom stereocenters. The van der Waals surface area contributed by atoms with Crippen molar-refractivity contribution in [1.82, 2.24) is 0 Å². The molecule has 0 aliphatic carbocycles. The van der Waals surface area contributed by atoms with Gasteiger partial charge >= 0.3 is 5.97 Å². The monoisotopic (exact) mass is 180 g/mol. The normalized spacial score (nSPS) is 18.9. The van der Waals surface area contributed by atoms with E-state index in [0.717, 1.165) is 18.4 Å². The summed E-state index contributed by atoms with van der Waals surface area (Å²) in [5.74, 6) is 0.0372. The summed E-state index contributed by atoms with van der Waals surface area (Å²) in [7, 11) is 0. The first-order chi connectivity index (χ1) is 6.25. The highest BCUT2D eigenvalue weighted by Gasteiger charge is 2.20. The SMILES string of the molecule is CCC/C=C/C(C)C1=CCOC1=O. The van der Waals surface area contributed by atoms with E-state index in [4.69, 9.17) is 4.74 Å². The Bertz CT molecular complexity index is 238. The van der Waals surface area contributed by atoms with Gasteiger partial charge in [-0.05, 0) is 12.5 Å². The highest BCUT2D eigenvalue weighted by Crippen LogP contribution is 2.18. The van der Waals surface area contributed by atoms with Gasteiger partial charge in [-0.1, -0.05) is 32.4 Å². The van der Waals surface area contributed by atoms with E-state index >= 15 is 0 Å². The largest absolute Gasteiger partial charge is 0.458 e. The molecule has 1 unspecified atom stereocenters. The van der Waals surface area contributed by atoms with Crippen LogP contribution in [0.25, 0.3) is 0 Å². The Morgan fingerprint density at radius 2 is 2.46 bits per heavy atom. The van der Waals surface area contributed by atoms with E-state index in [9.17, 15) is 4.79 Å². The molecule has 0 N–H and O–H groups in total. The van der Waals surface area contributed by atoms with Crippen LogP contribution in [0.1, 0.15) is 26.7 Å². The molecule has 1 heterocycles. The molecule has 0 fully saturated rings. The zero-order valence-corrected chi connectivity index (χ0v) is 8.25.